The summed E-state index contributed by atoms with van der Waals surface area (Å²) in [4.78, 5) is 19.8. The lowest BCUT2D eigenvalue weighted by molar-refractivity contribution is -0.154. The fraction of sp³-hybridized carbons (Fsp3) is 0.938. The Morgan fingerprint density at radius 1 is 1.14 bits per heavy atom. The van der Waals surface area contributed by atoms with Crippen molar-refractivity contribution in [3.63, 3.8) is 0 Å². The largest absolute Gasteiger partial charge is 0.381 e. The fourth-order valence-electron chi connectivity index (χ4n) is 4.25. The summed E-state index contributed by atoms with van der Waals surface area (Å²) >= 11 is 0. The van der Waals surface area contributed by atoms with E-state index in [0.29, 0.717) is 11.9 Å². The highest BCUT2D eigenvalue weighted by Crippen LogP contribution is 2.34. The van der Waals surface area contributed by atoms with Crippen LogP contribution in [0.25, 0.3) is 0 Å². The number of likely N-dealkylation sites (tertiary alicyclic amines) is 1. The maximum atomic E-state index is 12.9. The van der Waals surface area contributed by atoms with Gasteiger partial charge in [0.05, 0.1) is 0 Å². The average Bonchev–Trinajstić information content (AvgIpc) is 2.55. The van der Waals surface area contributed by atoms with Crippen molar-refractivity contribution in [2.24, 2.45) is 0 Å². The van der Waals surface area contributed by atoms with Crippen molar-refractivity contribution in [2.45, 2.75) is 44.2 Å². The second-order valence-corrected chi connectivity index (χ2v) is 6.72. The molecule has 3 heterocycles. The van der Waals surface area contributed by atoms with E-state index in [4.69, 9.17) is 4.74 Å². The van der Waals surface area contributed by atoms with Crippen LogP contribution >= 0.6 is 0 Å². The number of rotatable bonds is 2. The van der Waals surface area contributed by atoms with Gasteiger partial charge in [-0.2, -0.15) is 0 Å². The highest BCUT2D eigenvalue weighted by molar-refractivity contribution is 5.87. The van der Waals surface area contributed by atoms with Crippen LogP contribution in [-0.2, 0) is 9.53 Å². The number of piperazine rings is 1. The van der Waals surface area contributed by atoms with Crippen LogP contribution < -0.4 is 0 Å². The van der Waals surface area contributed by atoms with E-state index in [1.165, 1.54) is 0 Å². The standard InChI is InChI=1S/C16H29N3O2/c1-3-18-11-10-17(2)16(15(18)20)6-8-19(9-7-16)14-4-12-21-13-5-14/h14H,3-13H2,1-2H3. The lowest BCUT2D eigenvalue weighted by atomic mass is 9.82. The van der Waals surface area contributed by atoms with Gasteiger partial charge in [-0.3, -0.25) is 9.69 Å². The van der Waals surface area contributed by atoms with E-state index in [1.54, 1.807) is 0 Å². The van der Waals surface area contributed by atoms with Crippen LogP contribution in [0.5, 0.6) is 0 Å². The zero-order valence-corrected chi connectivity index (χ0v) is 13.5. The first-order chi connectivity index (χ1) is 10.2. The van der Waals surface area contributed by atoms with E-state index in [9.17, 15) is 4.79 Å². The third-order valence-corrected chi connectivity index (χ3v) is 5.84. The SMILES string of the molecule is CCN1CCN(C)C2(CCN(C3CCOCC3)CC2)C1=O. The van der Waals surface area contributed by atoms with E-state index in [-0.39, 0.29) is 5.54 Å². The number of piperidine rings is 1. The van der Waals surface area contributed by atoms with Crippen molar-refractivity contribution in [1.82, 2.24) is 14.7 Å². The zero-order chi connectivity index (χ0) is 14.9. The molecule has 0 aromatic heterocycles. The monoisotopic (exact) mass is 295 g/mol. The van der Waals surface area contributed by atoms with Gasteiger partial charge in [-0.05, 0) is 39.7 Å². The molecule has 0 aromatic rings. The van der Waals surface area contributed by atoms with Crippen molar-refractivity contribution in [3.8, 4) is 0 Å². The van der Waals surface area contributed by atoms with E-state index in [1.807, 2.05) is 4.90 Å². The maximum Gasteiger partial charge on any atom is 0.243 e. The highest BCUT2D eigenvalue weighted by atomic mass is 16.5. The summed E-state index contributed by atoms with van der Waals surface area (Å²) in [6.45, 7) is 8.74. The highest BCUT2D eigenvalue weighted by Gasteiger charge is 2.49. The molecule has 0 aliphatic carbocycles. The van der Waals surface area contributed by atoms with Gasteiger partial charge in [0, 0.05) is 52.0 Å². The minimum absolute atomic E-state index is 0.226. The normalized spacial score (nSPS) is 29.2. The Morgan fingerprint density at radius 2 is 1.81 bits per heavy atom. The third-order valence-electron chi connectivity index (χ3n) is 5.84. The van der Waals surface area contributed by atoms with Gasteiger partial charge in [-0.1, -0.05) is 0 Å². The number of hydrogen-bond donors (Lipinski definition) is 0. The Bertz CT molecular complexity index is 374. The number of amides is 1. The summed E-state index contributed by atoms with van der Waals surface area (Å²) in [7, 11) is 2.13. The molecule has 0 radical (unpaired) electrons. The second kappa shape index (κ2) is 6.23. The van der Waals surface area contributed by atoms with Crippen molar-refractivity contribution < 1.29 is 9.53 Å². The van der Waals surface area contributed by atoms with Gasteiger partial charge in [-0.15, -0.1) is 0 Å². The summed E-state index contributed by atoms with van der Waals surface area (Å²) in [5, 5.41) is 0. The van der Waals surface area contributed by atoms with Gasteiger partial charge in [-0.25, -0.2) is 0 Å². The molecule has 1 amide bonds. The van der Waals surface area contributed by atoms with Crippen LogP contribution in [-0.4, -0.2) is 85.2 Å². The number of likely N-dealkylation sites (N-methyl/N-ethyl adjacent to an activating group) is 2. The quantitative estimate of drug-likeness (QED) is 0.755. The molecule has 5 nitrogen and oxygen atoms in total. The topological polar surface area (TPSA) is 36.0 Å². The predicted molar refractivity (Wildman–Crippen MR) is 82.3 cm³/mol. The molecule has 3 rings (SSSR count). The van der Waals surface area contributed by atoms with Crippen LogP contribution in [0.1, 0.15) is 32.6 Å². The molecule has 0 bridgehead atoms. The van der Waals surface area contributed by atoms with Crippen molar-refractivity contribution in [3.05, 3.63) is 0 Å². The minimum atomic E-state index is -0.226. The molecule has 3 saturated heterocycles. The van der Waals surface area contributed by atoms with Crippen LogP contribution in [0.3, 0.4) is 0 Å². The van der Waals surface area contributed by atoms with E-state index >= 15 is 0 Å². The molecule has 3 aliphatic rings. The number of nitrogens with zero attached hydrogens (tertiary/aromatic N) is 3. The van der Waals surface area contributed by atoms with E-state index in [0.717, 1.165) is 71.6 Å². The molecule has 3 aliphatic heterocycles. The number of ether oxygens (including phenoxy) is 1. The van der Waals surface area contributed by atoms with Gasteiger partial charge in [0.2, 0.25) is 5.91 Å². The predicted octanol–water partition coefficient (Wildman–Crippen LogP) is 0.794. The van der Waals surface area contributed by atoms with Crippen molar-refractivity contribution in [2.75, 3.05) is 53.0 Å². The maximum absolute atomic E-state index is 12.9. The first kappa shape index (κ1) is 15.3. The first-order valence-corrected chi connectivity index (χ1v) is 8.50. The third kappa shape index (κ3) is 2.71. The van der Waals surface area contributed by atoms with Crippen LogP contribution in [0, 0.1) is 0 Å². The van der Waals surface area contributed by atoms with Gasteiger partial charge in [0.1, 0.15) is 5.54 Å². The lowest BCUT2D eigenvalue weighted by Crippen LogP contribution is -2.68. The number of hydrogen-bond acceptors (Lipinski definition) is 4. The van der Waals surface area contributed by atoms with Crippen LogP contribution in [0.15, 0.2) is 0 Å². The smallest absolute Gasteiger partial charge is 0.243 e. The fourth-order valence-corrected chi connectivity index (χ4v) is 4.25. The zero-order valence-electron chi connectivity index (χ0n) is 13.5. The molecule has 21 heavy (non-hydrogen) atoms. The Balaban J connectivity index is 1.66. The van der Waals surface area contributed by atoms with Crippen LogP contribution in [0.2, 0.25) is 0 Å². The first-order valence-electron chi connectivity index (χ1n) is 8.50. The van der Waals surface area contributed by atoms with Crippen molar-refractivity contribution >= 4 is 5.91 Å². The second-order valence-electron chi connectivity index (χ2n) is 6.72. The Kier molecular flexibility index (Phi) is 4.52. The summed E-state index contributed by atoms with van der Waals surface area (Å²) in [5.41, 5.74) is -0.226. The molecule has 120 valence electrons. The molecular formula is C16H29N3O2. The molecule has 3 fully saturated rings. The summed E-state index contributed by atoms with van der Waals surface area (Å²) in [6, 6.07) is 0.669. The van der Waals surface area contributed by atoms with E-state index in [2.05, 4.69) is 23.8 Å². The Hall–Kier alpha value is -0.650. The molecule has 1 spiro atoms. The Morgan fingerprint density at radius 3 is 2.43 bits per heavy atom. The van der Waals surface area contributed by atoms with Gasteiger partial charge in [0.25, 0.3) is 0 Å². The van der Waals surface area contributed by atoms with Gasteiger partial charge < -0.3 is 14.5 Å². The summed E-state index contributed by atoms with van der Waals surface area (Å²) in [6.07, 6.45) is 4.27. The average molecular weight is 295 g/mol. The number of carbonyl (C=O) groups excluding carboxylic acids is 1. The number of carbonyl (C=O) groups is 1. The van der Waals surface area contributed by atoms with Crippen molar-refractivity contribution in [1.29, 1.82) is 0 Å². The Labute approximate surface area is 128 Å². The van der Waals surface area contributed by atoms with E-state index < -0.39 is 0 Å². The summed E-state index contributed by atoms with van der Waals surface area (Å²) in [5.74, 6) is 0.366. The molecule has 5 heteroatoms. The molecule has 0 aromatic carbocycles. The molecule has 0 atom stereocenters. The minimum Gasteiger partial charge on any atom is -0.381 e. The molecule has 0 N–H and O–H groups in total. The molecule has 0 unspecified atom stereocenters. The molecular weight excluding hydrogens is 266 g/mol. The van der Waals surface area contributed by atoms with Crippen LogP contribution in [0.4, 0.5) is 0 Å². The van der Waals surface area contributed by atoms with Gasteiger partial charge >= 0.3 is 0 Å². The summed E-state index contributed by atoms with van der Waals surface area (Å²) < 4.78 is 5.47. The molecule has 0 saturated carbocycles. The van der Waals surface area contributed by atoms with Gasteiger partial charge in [0.15, 0.2) is 0 Å². The lowest BCUT2D eigenvalue weighted by Gasteiger charge is -2.52.